The summed E-state index contributed by atoms with van der Waals surface area (Å²) < 4.78 is 53.7. The number of hydrogen-bond donors (Lipinski definition) is 1. The summed E-state index contributed by atoms with van der Waals surface area (Å²) in [4.78, 5) is 28.8. The second-order valence-corrected chi connectivity index (χ2v) is 12.3. The van der Waals surface area contributed by atoms with Crippen molar-refractivity contribution in [2.45, 2.75) is 23.9 Å². The van der Waals surface area contributed by atoms with Crippen molar-refractivity contribution in [2.24, 2.45) is 0 Å². The topological polar surface area (TPSA) is 105 Å². The molecule has 1 atom stereocenters. The summed E-state index contributed by atoms with van der Waals surface area (Å²) in [5, 5.41) is 3.06. The fourth-order valence-corrected chi connectivity index (χ4v) is 6.44. The molecule has 0 fully saturated rings. The van der Waals surface area contributed by atoms with E-state index in [1.807, 2.05) is 30.3 Å². The Morgan fingerprint density at radius 2 is 1.53 bits per heavy atom. The highest BCUT2D eigenvalue weighted by molar-refractivity contribution is 7.92. The number of benzene rings is 4. The van der Waals surface area contributed by atoms with Gasteiger partial charge in [0.2, 0.25) is 11.8 Å². The predicted octanol–water partition coefficient (Wildman–Crippen LogP) is 5.08. The Bertz CT molecular complexity index is 1740. The Balaban J connectivity index is 1.81. The van der Waals surface area contributed by atoms with Crippen LogP contribution >= 0.6 is 11.6 Å². The minimum absolute atomic E-state index is 0.0433. The van der Waals surface area contributed by atoms with Crippen molar-refractivity contribution in [3.8, 4) is 11.5 Å². The van der Waals surface area contributed by atoms with Crippen molar-refractivity contribution in [3.05, 3.63) is 119 Å². The number of carbonyl (C=O) groups excluding carboxylic acids is 2. The van der Waals surface area contributed by atoms with Crippen molar-refractivity contribution in [1.29, 1.82) is 0 Å². The maximum absolute atomic E-state index is 14.3. The zero-order valence-corrected chi connectivity index (χ0v) is 26.5. The monoisotopic (exact) mass is 653 g/mol. The molecule has 0 aromatic heterocycles. The maximum atomic E-state index is 14.3. The fourth-order valence-electron chi connectivity index (χ4n) is 4.79. The molecule has 4 aromatic rings. The average Bonchev–Trinajstić information content (AvgIpc) is 3.05. The Morgan fingerprint density at radius 3 is 2.16 bits per heavy atom. The van der Waals surface area contributed by atoms with E-state index in [0.717, 1.165) is 22.0 Å². The van der Waals surface area contributed by atoms with Crippen LogP contribution in [0.2, 0.25) is 5.02 Å². The van der Waals surface area contributed by atoms with E-state index in [0.29, 0.717) is 16.3 Å². The van der Waals surface area contributed by atoms with Crippen LogP contribution in [0.15, 0.2) is 102 Å². The molecule has 0 radical (unpaired) electrons. The summed E-state index contributed by atoms with van der Waals surface area (Å²) in [5.74, 6) is -1.23. The molecule has 0 aliphatic carbocycles. The van der Waals surface area contributed by atoms with E-state index in [-0.39, 0.29) is 29.3 Å². The van der Waals surface area contributed by atoms with Gasteiger partial charge in [0, 0.05) is 31.1 Å². The molecule has 0 spiro atoms. The number of nitrogens with zero attached hydrogens (tertiary/aromatic N) is 2. The van der Waals surface area contributed by atoms with Crippen LogP contribution in [0.3, 0.4) is 0 Å². The largest absolute Gasteiger partial charge is 0.493 e. The highest BCUT2D eigenvalue weighted by Crippen LogP contribution is 2.32. The normalized spacial score (nSPS) is 11.8. The second-order valence-electron chi connectivity index (χ2n) is 9.98. The third-order valence-corrected chi connectivity index (χ3v) is 9.10. The maximum Gasteiger partial charge on any atom is 0.264 e. The van der Waals surface area contributed by atoms with Gasteiger partial charge in [0.05, 0.1) is 24.8 Å². The van der Waals surface area contributed by atoms with Gasteiger partial charge in [0.1, 0.15) is 18.4 Å². The lowest BCUT2D eigenvalue weighted by atomic mass is 10.0. The lowest BCUT2D eigenvalue weighted by molar-refractivity contribution is -0.139. The highest BCUT2D eigenvalue weighted by Gasteiger charge is 2.34. The minimum Gasteiger partial charge on any atom is -0.493 e. The number of anilines is 1. The summed E-state index contributed by atoms with van der Waals surface area (Å²) in [6, 6.07) is 23.8. The van der Waals surface area contributed by atoms with Gasteiger partial charge < -0.3 is 19.7 Å². The summed E-state index contributed by atoms with van der Waals surface area (Å²) in [5.41, 5.74) is 1.47. The zero-order valence-electron chi connectivity index (χ0n) is 24.9. The van der Waals surface area contributed by atoms with Gasteiger partial charge in [0.15, 0.2) is 11.5 Å². The van der Waals surface area contributed by atoms with E-state index < -0.39 is 40.2 Å². The van der Waals surface area contributed by atoms with Crippen LogP contribution in [-0.2, 0) is 32.6 Å². The van der Waals surface area contributed by atoms with Crippen molar-refractivity contribution < 1.29 is 31.9 Å². The van der Waals surface area contributed by atoms with Crippen LogP contribution in [0, 0.1) is 5.82 Å². The van der Waals surface area contributed by atoms with Crippen molar-refractivity contribution in [1.82, 2.24) is 10.2 Å². The van der Waals surface area contributed by atoms with Crippen LogP contribution in [-0.4, -0.2) is 59.0 Å². The summed E-state index contributed by atoms with van der Waals surface area (Å²) >= 11 is 6.24. The third kappa shape index (κ3) is 8.11. The van der Waals surface area contributed by atoms with E-state index in [4.69, 9.17) is 21.1 Å². The molecule has 4 rings (SSSR count). The smallest absolute Gasteiger partial charge is 0.264 e. The lowest BCUT2D eigenvalue weighted by Crippen LogP contribution is -2.53. The predicted molar refractivity (Wildman–Crippen MR) is 170 cm³/mol. The first-order valence-corrected chi connectivity index (χ1v) is 15.7. The van der Waals surface area contributed by atoms with Crippen molar-refractivity contribution in [2.75, 3.05) is 32.1 Å². The number of halogens is 2. The molecule has 236 valence electrons. The molecular weight excluding hydrogens is 621 g/mol. The molecule has 1 N–H and O–H groups in total. The zero-order chi connectivity index (χ0) is 32.6. The molecule has 12 heteroatoms. The van der Waals surface area contributed by atoms with Crippen molar-refractivity contribution >= 4 is 39.1 Å². The van der Waals surface area contributed by atoms with E-state index in [1.165, 1.54) is 56.5 Å². The van der Waals surface area contributed by atoms with Crippen LogP contribution < -0.4 is 19.1 Å². The lowest BCUT2D eigenvalue weighted by Gasteiger charge is -2.33. The summed E-state index contributed by atoms with van der Waals surface area (Å²) in [6.45, 7) is -0.747. The molecule has 9 nitrogen and oxygen atoms in total. The molecule has 0 unspecified atom stereocenters. The molecular formula is C33H33ClFN3O6S. The van der Waals surface area contributed by atoms with Gasteiger partial charge in [-0.3, -0.25) is 13.9 Å². The van der Waals surface area contributed by atoms with Gasteiger partial charge >= 0.3 is 0 Å². The molecule has 0 saturated carbocycles. The summed E-state index contributed by atoms with van der Waals surface area (Å²) in [7, 11) is -0.181. The van der Waals surface area contributed by atoms with Gasteiger partial charge in [-0.15, -0.1) is 0 Å². The molecule has 0 aliphatic rings. The molecule has 4 aromatic carbocycles. The average molecular weight is 654 g/mol. The quantitative estimate of drug-likeness (QED) is 0.216. The molecule has 0 heterocycles. The number of amides is 2. The van der Waals surface area contributed by atoms with Crippen molar-refractivity contribution in [3.63, 3.8) is 0 Å². The highest BCUT2D eigenvalue weighted by atomic mass is 35.5. The Kier molecular flexibility index (Phi) is 11.0. The van der Waals surface area contributed by atoms with E-state index in [1.54, 1.807) is 24.3 Å². The minimum atomic E-state index is -4.44. The molecule has 0 aliphatic heterocycles. The number of rotatable bonds is 13. The number of nitrogens with one attached hydrogen (secondary N) is 1. The summed E-state index contributed by atoms with van der Waals surface area (Å²) in [6.07, 6.45) is 0.159. The Hall–Kier alpha value is -4.61. The second kappa shape index (κ2) is 14.9. The Morgan fingerprint density at radius 1 is 0.867 bits per heavy atom. The molecule has 0 saturated heterocycles. The number of sulfonamides is 1. The van der Waals surface area contributed by atoms with Gasteiger partial charge in [-0.25, -0.2) is 12.8 Å². The van der Waals surface area contributed by atoms with Gasteiger partial charge in [-0.2, -0.15) is 0 Å². The molecule has 2 amide bonds. The van der Waals surface area contributed by atoms with Gasteiger partial charge in [0.25, 0.3) is 10.0 Å². The fraction of sp³-hybridized carbons (Fsp3) is 0.212. The standard InChI is InChI=1S/C33H33ClFN3O6S/c1-36-33(40)29(19-23-8-5-4-6-9-23)37(21-24-10-7-11-25(34)18-24)32(39)22-38(27-14-12-26(35)13-15-27)45(41,42)28-16-17-30(43-2)31(20-28)44-3/h4-18,20,29H,19,21-22H2,1-3H3,(H,36,40)/t29-/m1/s1. The molecule has 0 bridgehead atoms. The first-order valence-electron chi connectivity index (χ1n) is 13.9. The first kappa shape index (κ1) is 33.3. The van der Waals surface area contributed by atoms with Gasteiger partial charge in [-0.05, 0) is 59.7 Å². The van der Waals surface area contributed by atoms with E-state index in [2.05, 4.69) is 5.32 Å². The van der Waals surface area contributed by atoms with Crippen LogP contribution in [0.4, 0.5) is 10.1 Å². The first-order chi connectivity index (χ1) is 21.6. The molecule has 45 heavy (non-hydrogen) atoms. The van der Waals surface area contributed by atoms with E-state index in [9.17, 15) is 22.4 Å². The van der Waals surface area contributed by atoms with E-state index >= 15 is 0 Å². The Labute approximate surface area is 267 Å². The number of methoxy groups -OCH3 is 2. The number of likely N-dealkylation sites (N-methyl/N-ethyl adjacent to an activating group) is 1. The number of ether oxygens (including phenoxy) is 2. The van der Waals surface area contributed by atoms with Crippen LogP contribution in [0.5, 0.6) is 11.5 Å². The van der Waals surface area contributed by atoms with Crippen LogP contribution in [0.1, 0.15) is 11.1 Å². The van der Waals surface area contributed by atoms with Crippen LogP contribution in [0.25, 0.3) is 0 Å². The SMILES string of the molecule is CNC(=O)[C@@H](Cc1ccccc1)N(Cc1cccc(Cl)c1)C(=O)CN(c1ccc(F)cc1)S(=O)(=O)c1ccc(OC)c(OC)c1. The van der Waals surface area contributed by atoms with Gasteiger partial charge in [-0.1, -0.05) is 54.1 Å². The third-order valence-electron chi connectivity index (χ3n) is 7.10. The number of carbonyl (C=O) groups is 2. The number of hydrogen-bond acceptors (Lipinski definition) is 6.